The molecule has 0 atom stereocenters. The minimum Gasteiger partial charge on any atom is -0.460 e. The molecule has 0 saturated carbocycles. The van der Waals surface area contributed by atoms with Gasteiger partial charge in [0.15, 0.2) is 5.76 Å². The number of H-pyrrole nitrogens is 1. The second-order valence-electron chi connectivity index (χ2n) is 4.65. The lowest BCUT2D eigenvalue weighted by molar-refractivity contribution is 0.449. The Hall–Kier alpha value is -2.34. The van der Waals surface area contributed by atoms with Crippen LogP contribution in [0.3, 0.4) is 0 Å². The Morgan fingerprint density at radius 2 is 2.00 bits per heavy atom. The Morgan fingerprint density at radius 1 is 1.10 bits per heavy atom. The maximum Gasteiger partial charge on any atom is 0.208 e. The number of oxazole rings is 1. The lowest BCUT2D eigenvalue weighted by atomic mass is 10.2. The summed E-state index contributed by atoms with van der Waals surface area (Å²) < 4.78 is 11.0. The molecule has 6 nitrogen and oxygen atoms in total. The second-order valence-corrected chi connectivity index (χ2v) is 4.65. The van der Waals surface area contributed by atoms with Crippen molar-refractivity contribution in [3.8, 4) is 11.5 Å². The van der Waals surface area contributed by atoms with Gasteiger partial charge in [0.25, 0.3) is 0 Å². The molecule has 0 aromatic carbocycles. The number of nitrogens with zero attached hydrogens (tertiary/aromatic N) is 2. The lowest BCUT2D eigenvalue weighted by Gasteiger charge is -2.02. The first-order chi connectivity index (χ1) is 9.72. The van der Waals surface area contributed by atoms with Crippen molar-refractivity contribution < 1.29 is 8.83 Å². The van der Waals surface area contributed by atoms with Crippen LogP contribution in [0.15, 0.2) is 33.4 Å². The average Bonchev–Trinajstić information content (AvgIpc) is 3.11. The Balaban J connectivity index is 1.65. The van der Waals surface area contributed by atoms with E-state index in [1.54, 1.807) is 12.4 Å². The molecule has 0 bridgehead atoms. The van der Waals surface area contributed by atoms with E-state index in [-0.39, 0.29) is 0 Å². The summed E-state index contributed by atoms with van der Waals surface area (Å²) >= 11 is 0. The number of furan rings is 1. The van der Waals surface area contributed by atoms with Crippen molar-refractivity contribution in [3.05, 3.63) is 47.5 Å². The zero-order valence-electron chi connectivity index (χ0n) is 11.4. The van der Waals surface area contributed by atoms with E-state index in [0.29, 0.717) is 19.0 Å². The Kier molecular flexibility index (Phi) is 3.39. The second kappa shape index (κ2) is 5.34. The van der Waals surface area contributed by atoms with Gasteiger partial charge in [-0.15, -0.1) is 0 Å². The predicted octanol–water partition coefficient (Wildman–Crippen LogP) is 2.56. The topological polar surface area (TPSA) is 79.9 Å². The first kappa shape index (κ1) is 12.7. The van der Waals surface area contributed by atoms with Crippen molar-refractivity contribution in [1.29, 1.82) is 0 Å². The maximum absolute atomic E-state index is 5.61. The molecule has 0 radical (unpaired) electrons. The minimum absolute atomic E-state index is 0.579. The molecule has 0 unspecified atom stereocenters. The highest BCUT2D eigenvalue weighted by molar-refractivity contribution is 5.56. The molecule has 0 aliphatic rings. The highest BCUT2D eigenvalue weighted by Crippen LogP contribution is 2.23. The molecule has 20 heavy (non-hydrogen) atoms. The van der Waals surface area contributed by atoms with Crippen LogP contribution >= 0.6 is 0 Å². The van der Waals surface area contributed by atoms with Crippen molar-refractivity contribution in [2.45, 2.75) is 26.9 Å². The summed E-state index contributed by atoms with van der Waals surface area (Å²) in [5.74, 6) is 3.17. The third-order valence-electron chi connectivity index (χ3n) is 2.97. The van der Waals surface area contributed by atoms with Gasteiger partial charge in [-0.1, -0.05) is 0 Å². The minimum atomic E-state index is 0.579. The zero-order valence-corrected chi connectivity index (χ0v) is 11.4. The molecule has 0 saturated heterocycles. The standard InChI is InChI=1S/C14H16N4O2/c1-9-3-4-12(19-9)14-11(7-17-18-14)6-15-8-13-16-5-10(2)20-13/h3-5,7,15H,6,8H2,1-2H3,(H,17,18). The third kappa shape index (κ3) is 2.65. The van der Waals surface area contributed by atoms with Gasteiger partial charge in [-0.25, -0.2) is 4.98 Å². The normalized spacial score (nSPS) is 11.1. The first-order valence-corrected chi connectivity index (χ1v) is 6.43. The summed E-state index contributed by atoms with van der Waals surface area (Å²) in [6, 6.07) is 3.87. The number of hydrogen-bond acceptors (Lipinski definition) is 5. The molecule has 0 fully saturated rings. The summed E-state index contributed by atoms with van der Waals surface area (Å²) in [5.41, 5.74) is 1.94. The van der Waals surface area contributed by atoms with E-state index in [1.807, 2.05) is 26.0 Å². The van der Waals surface area contributed by atoms with Gasteiger partial charge in [-0.2, -0.15) is 5.10 Å². The molecule has 0 aliphatic carbocycles. The van der Waals surface area contributed by atoms with Crippen molar-refractivity contribution in [1.82, 2.24) is 20.5 Å². The van der Waals surface area contributed by atoms with E-state index >= 15 is 0 Å². The predicted molar refractivity (Wildman–Crippen MR) is 72.8 cm³/mol. The van der Waals surface area contributed by atoms with Crippen LogP contribution < -0.4 is 5.32 Å². The highest BCUT2D eigenvalue weighted by Gasteiger charge is 2.11. The molecule has 0 aliphatic heterocycles. The van der Waals surface area contributed by atoms with Gasteiger partial charge in [0.2, 0.25) is 5.89 Å². The van der Waals surface area contributed by atoms with Crippen LogP contribution in [0.2, 0.25) is 0 Å². The molecular weight excluding hydrogens is 256 g/mol. The van der Waals surface area contributed by atoms with Gasteiger partial charge in [0, 0.05) is 12.1 Å². The molecule has 3 rings (SSSR count). The summed E-state index contributed by atoms with van der Waals surface area (Å²) in [5, 5.41) is 10.3. The molecule has 0 amide bonds. The fraction of sp³-hybridized carbons (Fsp3) is 0.286. The van der Waals surface area contributed by atoms with E-state index in [4.69, 9.17) is 8.83 Å². The lowest BCUT2D eigenvalue weighted by Crippen LogP contribution is -2.13. The van der Waals surface area contributed by atoms with Crippen LogP contribution in [0.1, 0.15) is 23.0 Å². The van der Waals surface area contributed by atoms with Crippen molar-refractivity contribution in [2.24, 2.45) is 0 Å². The molecule has 6 heteroatoms. The van der Waals surface area contributed by atoms with Crippen LogP contribution in [0.4, 0.5) is 0 Å². The number of aryl methyl sites for hydroxylation is 2. The van der Waals surface area contributed by atoms with Gasteiger partial charge in [0.05, 0.1) is 18.9 Å². The number of hydrogen-bond donors (Lipinski definition) is 2. The van der Waals surface area contributed by atoms with Crippen LogP contribution in [-0.4, -0.2) is 15.2 Å². The average molecular weight is 272 g/mol. The molecule has 0 spiro atoms. The quantitative estimate of drug-likeness (QED) is 0.746. The van der Waals surface area contributed by atoms with Gasteiger partial charge < -0.3 is 14.2 Å². The Bertz CT molecular complexity index is 695. The molecule has 2 N–H and O–H groups in total. The largest absolute Gasteiger partial charge is 0.460 e. The zero-order chi connectivity index (χ0) is 13.9. The number of rotatable bonds is 5. The van der Waals surface area contributed by atoms with Gasteiger partial charge in [-0.05, 0) is 26.0 Å². The van der Waals surface area contributed by atoms with Crippen LogP contribution in [0.25, 0.3) is 11.5 Å². The molecule has 3 aromatic rings. The molecule has 104 valence electrons. The Morgan fingerprint density at radius 3 is 2.70 bits per heavy atom. The van der Waals surface area contributed by atoms with E-state index < -0.39 is 0 Å². The summed E-state index contributed by atoms with van der Waals surface area (Å²) in [7, 11) is 0. The van der Waals surface area contributed by atoms with Crippen LogP contribution in [0.5, 0.6) is 0 Å². The maximum atomic E-state index is 5.61. The summed E-state index contributed by atoms with van der Waals surface area (Å²) in [4.78, 5) is 4.15. The molecular formula is C14H16N4O2. The molecule has 3 aromatic heterocycles. The fourth-order valence-electron chi connectivity index (χ4n) is 2.01. The van der Waals surface area contributed by atoms with E-state index in [2.05, 4.69) is 20.5 Å². The van der Waals surface area contributed by atoms with E-state index in [0.717, 1.165) is 28.5 Å². The number of aromatic amines is 1. The SMILES string of the molecule is Cc1ccc(-c2[nH]ncc2CNCc2ncc(C)o2)o1. The fourth-order valence-corrected chi connectivity index (χ4v) is 2.01. The van der Waals surface area contributed by atoms with Gasteiger partial charge >= 0.3 is 0 Å². The number of aromatic nitrogens is 3. The van der Waals surface area contributed by atoms with Gasteiger partial charge in [-0.3, -0.25) is 5.10 Å². The number of nitrogens with one attached hydrogen (secondary N) is 2. The van der Waals surface area contributed by atoms with Gasteiger partial charge in [0.1, 0.15) is 17.2 Å². The highest BCUT2D eigenvalue weighted by atomic mass is 16.4. The van der Waals surface area contributed by atoms with E-state index in [9.17, 15) is 0 Å². The summed E-state index contributed by atoms with van der Waals surface area (Å²) in [6.45, 7) is 5.04. The third-order valence-corrected chi connectivity index (χ3v) is 2.97. The summed E-state index contributed by atoms with van der Waals surface area (Å²) in [6.07, 6.45) is 3.51. The smallest absolute Gasteiger partial charge is 0.208 e. The molecule has 3 heterocycles. The van der Waals surface area contributed by atoms with Crippen LogP contribution in [0, 0.1) is 13.8 Å². The monoisotopic (exact) mass is 272 g/mol. The van der Waals surface area contributed by atoms with E-state index in [1.165, 1.54) is 0 Å². The van der Waals surface area contributed by atoms with Crippen molar-refractivity contribution >= 4 is 0 Å². The van der Waals surface area contributed by atoms with Crippen LogP contribution in [-0.2, 0) is 13.1 Å². The Labute approximate surface area is 116 Å². The first-order valence-electron chi connectivity index (χ1n) is 6.43. The van der Waals surface area contributed by atoms with Crippen molar-refractivity contribution in [3.63, 3.8) is 0 Å². The van der Waals surface area contributed by atoms with Crippen molar-refractivity contribution in [2.75, 3.05) is 0 Å².